The van der Waals surface area contributed by atoms with E-state index in [9.17, 15) is 0 Å². The molecule has 1 aliphatic rings. The van der Waals surface area contributed by atoms with Gasteiger partial charge in [0.1, 0.15) is 0 Å². The number of hydrogen-bond donors (Lipinski definition) is 0. The molecule has 1 aliphatic carbocycles. The predicted octanol–water partition coefficient (Wildman–Crippen LogP) is 2.10. The average Bonchev–Trinajstić information content (AvgIpc) is 2.65. The molecule has 1 rings (SSSR count). The minimum absolute atomic E-state index is 0.375. The molecule has 13 heavy (non-hydrogen) atoms. The van der Waals surface area contributed by atoms with Crippen LogP contribution in [0, 0.1) is 0 Å². The van der Waals surface area contributed by atoms with Crippen molar-refractivity contribution in [3.8, 4) is 0 Å². The van der Waals surface area contributed by atoms with E-state index < -0.39 is 0 Å². The first kappa shape index (κ1) is 11.6. The third-order valence-electron chi connectivity index (χ3n) is 1.76. The third kappa shape index (κ3) is 4.25. The van der Waals surface area contributed by atoms with Crippen LogP contribution in [-0.4, -0.2) is 20.3 Å². The second-order valence-electron chi connectivity index (χ2n) is 2.52. The van der Waals surface area contributed by atoms with Gasteiger partial charge in [0.25, 0.3) is 6.47 Å². The zero-order valence-electron chi connectivity index (χ0n) is 7.95. The van der Waals surface area contributed by atoms with Crippen molar-refractivity contribution in [3.05, 3.63) is 23.9 Å². The molecule has 0 radical (unpaired) electrons. The lowest BCUT2D eigenvalue weighted by atomic mass is 10.2. The zero-order chi connectivity index (χ0) is 10.1. The van der Waals surface area contributed by atoms with E-state index in [1.807, 2.05) is 6.08 Å². The fraction of sp³-hybridized carbons (Fsp3) is 0.400. The zero-order valence-corrected chi connectivity index (χ0v) is 7.95. The number of allylic oxidation sites excluding steroid dienone is 3. The molecule has 3 nitrogen and oxygen atoms in total. The Morgan fingerprint density at radius 3 is 2.46 bits per heavy atom. The average molecular weight is 181 g/mol. The van der Waals surface area contributed by atoms with Crippen molar-refractivity contribution in [3.63, 3.8) is 0 Å². The van der Waals surface area contributed by atoms with Crippen molar-refractivity contribution < 1.29 is 9.53 Å². The van der Waals surface area contributed by atoms with E-state index >= 15 is 0 Å². The number of rotatable bonds is 3. The molecule has 0 aliphatic heterocycles. The van der Waals surface area contributed by atoms with Gasteiger partial charge in [-0.3, -0.25) is 9.79 Å². The summed E-state index contributed by atoms with van der Waals surface area (Å²) in [5.74, 6) is 0. The van der Waals surface area contributed by atoms with Gasteiger partial charge >= 0.3 is 0 Å². The van der Waals surface area contributed by atoms with Crippen molar-refractivity contribution in [1.82, 2.24) is 0 Å². The molecule has 0 saturated carbocycles. The van der Waals surface area contributed by atoms with Gasteiger partial charge in [-0.25, -0.2) is 0 Å². The molecule has 0 saturated heterocycles. The number of nitrogens with zero attached hydrogens (tertiary/aromatic N) is 1. The fourth-order valence-corrected chi connectivity index (χ4v) is 1.15. The summed E-state index contributed by atoms with van der Waals surface area (Å²) >= 11 is 0. The SMILES string of the molecule is C=CC1=C(N=C)CCC1.COC=O. The summed E-state index contributed by atoms with van der Waals surface area (Å²) in [6.45, 7) is 7.56. The van der Waals surface area contributed by atoms with Crippen LogP contribution in [0.15, 0.2) is 28.9 Å². The topological polar surface area (TPSA) is 38.7 Å². The second-order valence-corrected chi connectivity index (χ2v) is 2.52. The molecule has 0 spiro atoms. The van der Waals surface area contributed by atoms with E-state index in [2.05, 4.69) is 23.0 Å². The number of methoxy groups -OCH3 is 1. The smallest absolute Gasteiger partial charge is 0.292 e. The van der Waals surface area contributed by atoms with Crippen molar-refractivity contribution in [2.24, 2.45) is 4.99 Å². The molecule has 72 valence electrons. The Balaban J connectivity index is 0.000000310. The highest BCUT2D eigenvalue weighted by Gasteiger charge is 2.08. The Kier molecular flexibility index (Phi) is 6.51. The first-order chi connectivity index (χ1) is 6.29. The van der Waals surface area contributed by atoms with E-state index in [4.69, 9.17) is 4.79 Å². The second kappa shape index (κ2) is 7.28. The number of carbonyl (C=O) groups excluding carboxylic acids is 1. The minimum atomic E-state index is 0.375. The number of aliphatic imine (C=N–C) groups is 1. The van der Waals surface area contributed by atoms with Gasteiger partial charge in [0.2, 0.25) is 0 Å². The summed E-state index contributed by atoms with van der Waals surface area (Å²) in [6.07, 6.45) is 5.33. The Hall–Kier alpha value is -1.38. The molecular weight excluding hydrogens is 166 g/mol. The van der Waals surface area contributed by atoms with Crippen LogP contribution in [0.25, 0.3) is 0 Å². The summed E-state index contributed by atoms with van der Waals surface area (Å²) in [7, 11) is 1.31. The molecular formula is C10H15NO2. The maximum atomic E-state index is 8.95. The number of ether oxygens (including phenoxy) is 1. The third-order valence-corrected chi connectivity index (χ3v) is 1.76. The van der Waals surface area contributed by atoms with Gasteiger partial charge < -0.3 is 4.74 Å². The molecule has 0 aromatic heterocycles. The monoisotopic (exact) mass is 181 g/mol. The van der Waals surface area contributed by atoms with E-state index in [1.54, 1.807) is 0 Å². The lowest BCUT2D eigenvalue weighted by Gasteiger charge is -1.91. The molecule has 3 heteroatoms. The van der Waals surface area contributed by atoms with Crippen molar-refractivity contribution in [2.75, 3.05) is 7.11 Å². The van der Waals surface area contributed by atoms with Crippen molar-refractivity contribution in [2.45, 2.75) is 19.3 Å². The van der Waals surface area contributed by atoms with Gasteiger partial charge in [-0.1, -0.05) is 12.7 Å². The van der Waals surface area contributed by atoms with Crippen LogP contribution in [-0.2, 0) is 9.53 Å². The van der Waals surface area contributed by atoms with Gasteiger partial charge in [0, 0.05) is 5.70 Å². The van der Waals surface area contributed by atoms with Crippen molar-refractivity contribution in [1.29, 1.82) is 0 Å². The molecule has 0 unspecified atom stereocenters. The molecule has 0 aromatic rings. The summed E-state index contributed by atoms with van der Waals surface area (Å²) < 4.78 is 3.86. The van der Waals surface area contributed by atoms with Crippen LogP contribution in [0.4, 0.5) is 0 Å². The van der Waals surface area contributed by atoms with Gasteiger partial charge in [-0.15, -0.1) is 0 Å². The van der Waals surface area contributed by atoms with E-state index in [0.29, 0.717) is 6.47 Å². The van der Waals surface area contributed by atoms with Crippen LogP contribution in [0.1, 0.15) is 19.3 Å². The van der Waals surface area contributed by atoms with Gasteiger partial charge in [-0.05, 0) is 31.6 Å². The van der Waals surface area contributed by atoms with Crippen molar-refractivity contribution >= 4 is 13.2 Å². The molecule has 0 fully saturated rings. The van der Waals surface area contributed by atoms with Gasteiger partial charge in [0.05, 0.1) is 7.11 Å². The minimum Gasteiger partial charge on any atom is -0.471 e. The molecule has 0 amide bonds. The summed E-state index contributed by atoms with van der Waals surface area (Å²) in [5, 5.41) is 0. The standard InChI is InChI=1S/C8H11N.C2H4O2/c1-3-7-5-4-6-8(7)9-2;1-4-2-3/h3H,1-2,4-6H2;2H,1H3. The van der Waals surface area contributed by atoms with Crippen LogP contribution in [0.3, 0.4) is 0 Å². The van der Waals surface area contributed by atoms with E-state index in [1.165, 1.54) is 19.1 Å². The van der Waals surface area contributed by atoms with Crippen LogP contribution in [0.2, 0.25) is 0 Å². The normalized spacial score (nSPS) is 14.2. The lowest BCUT2D eigenvalue weighted by Crippen LogP contribution is -1.72. The van der Waals surface area contributed by atoms with E-state index in [0.717, 1.165) is 18.5 Å². The highest BCUT2D eigenvalue weighted by molar-refractivity contribution is 5.36. The predicted molar refractivity (Wildman–Crippen MR) is 53.7 cm³/mol. The van der Waals surface area contributed by atoms with Crippen LogP contribution >= 0.6 is 0 Å². The summed E-state index contributed by atoms with van der Waals surface area (Å²) in [4.78, 5) is 12.8. The molecule has 0 heterocycles. The first-order valence-electron chi connectivity index (χ1n) is 4.07. The number of hydrogen-bond acceptors (Lipinski definition) is 3. The maximum Gasteiger partial charge on any atom is 0.292 e. The Bertz CT molecular complexity index is 201. The largest absolute Gasteiger partial charge is 0.471 e. The first-order valence-corrected chi connectivity index (χ1v) is 4.07. The molecule has 0 atom stereocenters. The molecule has 0 N–H and O–H groups in total. The summed E-state index contributed by atoms with van der Waals surface area (Å²) in [5.41, 5.74) is 2.43. The molecule has 0 bridgehead atoms. The van der Waals surface area contributed by atoms with Gasteiger partial charge in [0.15, 0.2) is 0 Å². The Labute approximate surface area is 78.8 Å². The summed E-state index contributed by atoms with van der Waals surface area (Å²) in [6, 6.07) is 0. The lowest BCUT2D eigenvalue weighted by molar-refractivity contribution is -0.126. The Morgan fingerprint density at radius 2 is 2.15 bits per heavy atom. The fourth-order valence-electron chi connectivity index (χ4n) is 1.15. The van der Waals surface area contributed by atoms with Crippen LogP contribution < -0.4 is 0 Å². The van der Waals surface area contributed by atoms with Gasteiger partial charge in [-0.2, -0.15) is 0 Å². The quantitative estimate of drug-likeness (QED) is 0.494. The highest BCUT2D eigenvalue weighted by atomic mass is 16.5. The van der Waals surface area contributed by atoms with E-state index in [-0.39, 0.29) is 0 Å². The van der Waals surface area contributed by atoms with Crippen LogP contribution in [0.5, 0.6) is 0 Å². The number of carbonyl (C=O) groups is 1. The highest BCUT2D eigenvalue weighted by Crippen LogP contribution is 2.26. The Morgan fingerprint density at radius 1 is 1.54 bits per heavy atom. The maximum absolute atomic E-state index is 8.95. The molecule has 0 aromatic carbocycles.